The third kappa shape index (κ3) is 14.4. The van der Waals surface area contributed by atoms with Crippen LogP contribution in [0.5, 0.6) is 0 Å². The maximum Gasteiger partial charge on any atom is 0.162 e. The molecule has 3 nitrogen and oxygen atoms in total. The molecule has 0 bridgehead atoms. The van der Waals surface area contributed by atoms with Crippen molar-refractivity contribution < 1.29 is 14.3 Å². The fourth-order valence-corrected chi connectivity index (χ4v) is 2.09. The number of methoxy groups -OCH3 is 2. The van der Waals surface area contributed by atoms with Crippen LogP contribution in [0.15, 0.2) is 34.9 Å². The topological polar surface area (TPSA) is 35.5 Å². The van der Waals surface area contributed by atoms with E-state index in [2.05, 4.69) is 53.7 Å². The van der Waals surface area contributed by atoms with Crippen molar-refractivity contribution in [2.45, 2.75) is 74.0 Å². The minimum absolute atomic E-state index is 0.0285. The lowest BCUT2D eigenvalue weighted by Crippen LogP contribution is -2.32. The lowest BCUT2D eigenvalue weighted by molar-refractivity contribution is -0.166. The molecular weight excluding hydrogens is 300 g/mol. The standard InChI is InChI=1S/C11H22O2.C10H16O/c1-9(2)7-8-11(3,4)10(12-5)13-6;1-9(2)5-4-6-10(3)7-8-11/h7,10H,8H2,1-6H3;5,7-8H,4,6H2,1-3H3. The Morgan fingerprint density at radius 1 is 0.958 bits per heavy atom. The van der Waals surface area contributed by atoms with Crippen LogP contribution >= 0.6 is 0 Å². The Morgan fingerprint density at radius 3 is 1.83 bits per heavy atom. The fourth-order valence-electron chi connectivity index (χ4n) is 2.09. The number of ether oxygens (including phenoxy) is 2. The van der Waals surface area contributed by atoms with Crippen LogP contribution in [0.1, 0.15) is 67.7 Å². The van der Waals surface area contributed by atoms with Crippen LogP contribution in [0.3, 0.4) is 0 Å². The number of aldehydes is 1. The number of carbonyl (C=O) groups excluding carboxylic acids is 1. The molecule has 0 aliphatic heterocycles. The lowest BCUT2D eigenvalue weighted by Gasteiger charge is -2.31. The van der Waals surface area contributed by atoms with Gasteiger partial charge in [-0.05, 0) is 60.0 Å². The Labute approximate surface area is 149 Å². The first kappa shape index (κ1) is 25.1. The van der Waals surface area contributed by atoms with Crippen molar-refractivity contribution in [3.8, 4) is 0 Å². The highest BCUT2D eigenvalue weighted by Gasteiger charge is 2.28. The van der Waals surface area contributed by atoms with E-state index in [1.54, 1.807) is 20.3 Å². The van der Waals surface area contributed by atoms with Gasteiger partial charge < -0.3 is 9.47 Å². The number of hydrogen-bond donors (Lipinski definition) is 0. The van der Waals surface area contributed by atoms with E-state index in [0.717, 1.165) is 31.1 Å². The molecule has 0 unspecified atom stereocenters. The van der Waals surface area contributed by atoms with E-state index in [4.69, 9.17) is 9.47 Å². The Balaban J connectivity index is 0. The zero-order valence-electron chi connectivity index (χ0n) is 17.2. The summed E-state index contributed by atoms with van der Waals surface area (Å²) in [7, 11) is 3.36. The molecule has 0 atom stereocenters. The second kappa shape index (κ2) is 14.2. The largest absolute Gasteiger partial charge is 0.355 e. The summed E-state index contributed by atoms with van der Waals surface area (Å²) in [5, 5.41) is 0. The predicted octanol–water partition coefficient (Wildman–Crippen LogP) is 5.87. The predicted molar refractivity (Wildman–Crippen MR) is 104 cm³/mol. The summed E-state index contributed by atoms with van der Waals surface area (Å²) < 4.78 is 10.5. The molecule has 0 saturated carbocycles. The molecule has 3 heteroatoms. The van der Waals surface area contributed by atoms with Crippen LogP contribution in [0.4, 0.5) is 0 Å². The number of hydrogen-bond acceptors (Lipinski definition) is 3. The van der Waals surface area contributed by atoms with E-state index in [1.165, 1.54) is 11.1 Å². The van der Waals surface area contributed by atoms with E-state index in [0.29, 0.717) is 0 Å². The first-order chi connectivity index (χ1) is 11.1. The Kier molecular flexibility index (Phi) is 14.8. The molecule has 0 heterocycles. The maximum absolute atomic E-state index is 10.0. The first-order valence-electron chi connectivity index (χ1n) is 8.54. The number of rotatable bonds is 9. The highest BCUT2D eigenvalue weighted by atomic mass is 16.7. The zero-order chi connectivity index (χ0) is 19.2. The molecule has 0 fully saturated rings. The van der Waals surface area contributed by atoms with Gasteiger partial charge in [0.1, 0.15) is 6.29 Å². The summed E-state index contributed by atoms with van der Waals surface area (Å²) in [4.78, 5) is 10.0. The quantitative estimate of drug-likeness (QED) is 0.228. The molecule has 0 aromatic rings. The van der Waals surface area contributed by atoms with E-state index in [9.17, 15) is 4.79 Å². The van der Waals surface area contributed by atoms with Gasteiger partial charge in [0.05, 0.1) is 0 Å². The van der Waals surface area contributed by atoms with Crippen molar-refractivity contribution >= 4 is 6.29 Å². The van der Waals surface area contributed by atoms with E-state index in [-0.39, 0.29) is 11.7 Å². The molecule has 0 aromatic carbocycles. The molecule has 0 aromatic heterocycles. The summed E-state index contributed by atoms with van der Waals surface area (Å²) >= 11 is 0. The van der Waals surface area contributed by atoms with Crippen molar-refractivity contribution in [2.24, 2.45) is 5.41 Å². The van der Waals surface area contributed by atoms with Crippen LogP contribution < -0.4 is 0 Å². The minimum Gasteiger partial charge on any atom is -0.355 e. The molecule has 0 amide bonds. The second-order valence-electron chi connectivity index (χ2n) is 7.25. The SMILES string of the molecule is CC(C)=CCCC(C)=CC=O.COC(OC)C(C)(C)CC=C(C)C. The van der Waals surface area contributed by atoms with Gasteiger partial charge in [-0.25, -0.2) is 0 Å². The van der Waals surface area contributed by atoms with Gasteiger partial charge in [0.15, 0.2) is 6.29 Å². The molecule has 0 N–H and O–H groups in total. The minimum atomic E-state index is -0.136. The van der Waals surface area contributed by atoms with Gasteiger partial charge in [0.25, 0.3) is 0 Å². The van der Waals surface area contributed by atoms with Gasteiger partial charge in [0.2, 0.25) is 0 Å². The third-order valence-electron chi connectivity index (χ3n) is 3.55. The maximum atomic E-state index is 10.0. The fraction of sp³-hybridized carbons (Fsp3) is 0.667. The zero-order valence-corrected chi connectivity index (χ0v) is 17.2. The molecule has 0 rings (SSSR count). The average molecular weight is 339 g/mol. The van der Waals surface area contributed by atoms with Crippen molar-refractivity contribution in [3.05, 3.63) is 34.9 Å². The van der Waals surface area contributed by atoms with Crippen LogP contribution in [0.25, 0.3) is 0 Å². The van der Waals surface area contributed by atoms with E-state index >= 15 is 0 Å². The van der Waals surface area contributed by atoms with E-state index in [1.807, 2.05) is 6.92 Å². The van der Waals surface area contributed by atoms with Gasteiger partial charge in [-0.2, -0.15) is 0 Å². The lowest BCUT2D eigenvalue weighted by atomic mass is 9.87. The molecule has 0 spiro atoms. The van der Waals surface area contributed by atoms with Gasteiger partial charge in [-0.1, -0.05) is 42.7 Å². The molecule has 0 saturated heterocycles. The van der Waals surface area contributed by atoms with Gasteiger partial charge in [-0.15, -0.1) is 0 Å². The van der Waals surface area contributed by atoms with Gasteiger partial charge >= 0.3 is 0 Å². The molecular formula is C21H38O3. The van der Waals surface area contributed by atoms with Gasteiger partial charge in [0, 0.05) is 19.6 Å². The molecule has 0 aliphatic carbocycles. The average Bonchev–Trinajstić information content (AvgIpc) is 2.47. The normalized spacial score (nSPS) is 11.5. The number of carbonyl (C=O) groups is 1. The molecule has 0 radical (unpaired) electrons. The van der Waals surface area contributed by atoms with Crippen LogP contribution in [0, 0.1) is 5.41 Å². The summed E-state index contributed by atoms with van der Waals surface area (Å²) in [5.74, 6) is 0. The van der Waals surface area contributed by atoms with Crippen LogP contribution in [0.2, 0.25) is 0 Å². The summed E-state index contributed by atoms with van der Waals surface area (Å²) in [6.45, 7) is 14.6. The Bertz CT molecular complexity index is 416. The molecule has 0 aliphatic rings. The summed E-state index contributed by atoms with van der Waals surface area (Å²) in [6.07, 6.45) is 9.73. The van der Waals surface area contributed by atoms with Crippen molar-refractivity contribution in [3.63, 3.8) is 0 Å². The summed E-state index contributed by atoms with van der Waals surface area (Å²) in [5.41, 5.74) is 3.85. The summed E-state index contributed by atoms with van der Waals surface area (Å²) in [6, 6.07) is 0. The van der Waals surface area contributed by atoms with Crippen molar-refractivity contribution in [1.82, 2.24) is 0 Å². The van der Waals surface area contributed by atoms with Crippen LogP contribution in [-0.2, 0) is 14.3 Å². The Hall–Kier alpha value is -1.19. The van der Waals surface area contributed by atoms with Gasteiger partial charge in [-0.3, -0.25) is 4.79 Å². The second-order valence-corrected chi connectivity index (χ2v) is 7.25. The first-order valence-corrected chi connectivity index (χ1v) is 8.54. The number of allylic oxidation sites excluding steroid dienone is 6. The van der Waals surface area contributed by atoms with Crippen LogP contribution in [-0.4, -0.2) is 26.8 Å². The van der Waals surface area contributed by atoms with Crippen molar-refractivity contribution in [1.29, 1.82) is 0 Å². The van der Waals surface area contributed by atoms with Crippen molar-refractivity contribution in [2.75, 3.05) is 14.2 Å². The smallest absolute Gasteiger partial charge is 0.162 e. The Morgan fingerprint density at radius 2 is 1.46 bits per heavy atom. The van der Waals surface area contributed by atoms with E-state index < -0.39 is 0 Å². The highest BCUT2D eigenvalue weighted by Crippen LogP contribution is 2.28. The third-order valence-corrected chi connectivity index (χ3v) is 3.55. The molecule has 140 valence electrons. The molecule has 24 heavy (non-hydrogen) atoms. The highest BCUT2D eigenvalue weighted by molar-refractivity contribution is 5.65. The monoisotopic (exact) mass is 338 g/mol.